The van der Waals surface area contributed by atoms with Crippen LogP contribution in [-0.2, 0) is 6.54 Å². The van der Waals surface area contributed by atoms with E-state index in [-0.39, 0.29) is 30.0 Å². The van der Waals surface area contributed by atoms with Gasteiger partial charge in [-0.3, -0.25) is 4.99 Å². The van der Waals surface area contributed by atoms with Gasteiger partial charge in [0.1, 0.15) is 0 Å². The van der Waals surface area contributed by atoms with Gasteiger partial charge in [-0.25, -0.2) is 0 Å². The van der Waals surface area contributed by atoms with Gasteiger partial charge in [0.25, 0.3) is 0 Å². The number of hydrogen-bond donors (Lipinski definition) is 2. The number of benzene rings is 2. The summed E-state index contributed by atoms with van der Waals surface area (Å²) in [5.74, 6) is 0.755. The third kappa shape index (κ3) is 5.87. The number of hydrogen-bond acceptors (Lipinski definition) is 2. The molecular formula is C21H26ClIN4. The largest absolute Gasteiger partial charge is 0.364 e. The van der Waals surface area contributed by atoms with Crippen molar-refractivity contribution < 1.29 is 0 Å². The fraction of sp³-hybridized carbons (Fsp3) is 0.286. The van der Waals surface area contributed by atoms with Crippen LogP contribution in [-0.4, -0.2) is 26.1 Å². The van der Waals surface area contributed by atoms with Crippen LogP contribution in [0.4, 0.5) is 5.69 Å². The van der Waals surface area contributed by atoms with Gasteiger partial charge in [0.05, 0.1) is 6.04 Å². The number of aliphatic imine (C=N–C) groups is 1. The van der Waals surface area contributed by atoms with E-state index in [0.29, 0.717) is 6.54 Å². The minimum Gasteiger partial charge on any atom is -0.364 e. The minimum atomic E-state index is 0. The summed E-state index contributed by atoms with van der Waals surface area (Å²) in [6.45, 7) is 4.78. The SMILES string of the molecule is CN=C(NCc1ccc(N2CC=CC2)cc1)NC(C)c1ccccc1Cl.I. The van der Waals surface area contributed by atoms with Crippen LogP contribution >= 0.6 is 35.6 Å². The zero-order chi connectivity index (χ0) is 18.4. The predicted octanol–water partition coefficient (Wildman–Crippen LogP) is 4.76. The molecule has 0 fully saturated rings. The number of anilines is 1. The fourth-order valence-electron chi connectivity index (χ4n) is 3.00. The molecule has 1 aliphatic rings. The van der Waals surface area contributed by atoms with Gasteiger partial charge < -0.3 is 15.5 Å². The minimum absolute atomic E-state index is 0. The Morgan fingerprint density at radius 3 is 2.41 bits per heavy atom. The molecule has 0 amide bonds. The molecule has 1 heterocycles. The van der Waals surface area contributed by atoms with Crippen LogP contribution in [0.2, 0.25) is 5.02 Å². The summed E-state index contributed by atoms with van der Waals surface area (Å²) >= 11 is 6.28. The molecule has 6 heteroatoms. The van der Waals surface area contributed by atoms with Crippen molar-refractivity contribution in [3.63, 3.8) is 0 Å². The summed E-state index contributed by atoms with van der Waals surface area (Å²) in [6.07, 6.45) is 4.40. The number of guanidine groups is 1. The van der Waals surface area contributed by atoms with Gasteiger partial charge in [0.2, 0.25) is 0 Å². The van der Waals surface area contributed by atoms with Crippen molar-refractivity contribution in [2.75, 3.05) is 25.0 Å². The van der Waals surface area contributed by atoms with E-state index in [9.17, 15) is 0 Å². The van der Waals surface area contributed by atoms with Crippen molar-refractivity contribution in [3.05, 3.63) is 76.8 Å². The first-order valence-electron chi connectivity index (χ1n) is 8.88. The molecule has 0 aliphatic carbocycles. The molecule has 2 N–H and O–H groups in total. The normalized spacial score (nSPS) is 14.6. The van der Waals surface area contributed by atoms with Crippen LogP contribution in [0, 0.1) is 0 Å². The molecule has 3 rings (SSSR count). The zero-order valence-corrected chi connectivity index (χ0v) is 18.7. The Morgan fingerprint density at radius 2 is 1.78 bits per heavy atom. The van der Waals surface area contributed by atoms with Gasteiger partial charge in [-0.2, -0.15) is 0 Å². The highest BCUT2D eigenvalue weighted by molar-refractivity contribution is 14.0. The summed E-state index contributed by atoms with van der Waals surface area (Å²) in [6, 6.07) is 16.6. The summed E-state index contributed by atoms with van der Waals surface area (Å²) in [5, 5.41) is 7.51. The number of nitrogens with one attached hydrogen (secondary N) is 2. The van der Waals surface area contributed by atoms with Gasteiger partial charge in [0.15, 0.2) is 5.96 Å². The summed E-state index contributed by atoms with van der Waals surface area (Å²) in [7, 11) is 1.78. The van der Waals surface area contributed by atoms with Crippen molar-refractivity contribution in [2.45, 2.75) is 19.5 Å². The first kappa shape index (κ1) is 21.6. The first-order chi connectivity index (χ1) is 12.7. The number of nitrogens with zero attached hydrogens (tertiary/aromatic N) is 2. The molecule has 1 atom stereocenters. The van der Waals surface area contributed by atoms with Gasteiger partial charge >= 0.3 is 0 Å². The second-order valence-electron chi connectivity index (χ2n) is 6.36. The van der Waals surface area contributed by atoms with Crippen molar-refractivity contribution in [1.82, 2.24) is 10.6 Å². The Balaban J connectivity index is 0.00000261. The van der Waals surface area contributed by atoms with Crippen LogP contribution in [0.25, 0.3) is 0 Å². The Labute approximate surface area is 183 Å². The van der Waals surface area contributed by atoms with Crippen molar-refractivity contribution in [1.29, 1.82) is 0 Å². The molecule has 0 aromatic heterocycles. The van der Waals surface area contributed by atoms with Gasteiger partial charge in [-0.15, -0.1) is 24.0 Å². The van der Waals surface area contributed by atoms with Crippen LogP contribution in [0.3, 0.4) is 0 Å². The Hall–Kier alpha value is -1.73. The van der Waals surface area contributed by atoms with Crippen molar-refractivity contribution in [2.24, 2.45) is 4.99 Å². The van der Waals surface area contributed by atoms with E-state index in [2.05, 4.69) is 63.9 Å². The molecule has 0 saturated heterocycles. The van der Waals surface area contributed by atoms with E-state index in [1.165, 1.54) is 11.3 Å². The van der Waals surface area contributed by atoms with Crippen LogP contribution in [0.5, 0.6) is 0 Å². The van der Waals surface area contributed by atoms with E-state index in [4.69, 9.17) is 11.6 Å². The Bertz CT molecular complexity index is 781. The molecular weight excluding hydrogens is 471 g/mol. The number of halogens is 2. The van der Waals surface area contributed by atoms with Crippen LogP contribution < -0.4 is 15.5 Å². The first-order valence-corrected chi connectivity index (χ1v) is 9.25. The smallest absolute Gasteiger partial charge is 0.191 e. The second kappa shape index (κ2) is 10.6. The average molecular weight is 497 g/mol. The lowest BCUT2D eigenvalue weighted by Crippen LogP contribution is -2.38. The topological polar surface area (TPSA) is 39.7 Å². The lowest BCUT2D eigenvalue weighted by Gasteiger charge is -2.20. The van der Waals surface area contributed by atoms with Crippen molar-refractivity contribution >= 4 is 47.2 Å². The molecule has 0 radical (unpaired) electrons. The van der Waals surface area contributed by atoms with Gasteiger partial charge in [-0.1, -0.05) is 54.1 Å². The van der Waals surface area contributed by atoms with Crippen LogP contribution in [0.15, 0.2) is 65.7 Å². The van der Waals surface area contributed by atoms with Crippen LogP contribution in [0.1, 0.15) is 24.1 Å². The summed E-state index contributed by atoms with van der Waals surface area (Å²) < 4.78 is 0. The van der Waals surface area contributed by atoms with Gasteiger partial charge in [0, 0.05) is 37.4 Å². The maximum atomic E-state index is 6.28. The van der Waals surface area contributed by atoms with Crippen molar-refractivity contribution in [3.8, 4) is 0 Å². The van der Waals surface area contributed by atoms with E-state index in [1.807, 2.05) is 24.3 Å². The highest BCUT2D eigenvalue weighted by atomic mass is 127. The molecule has 1 aliphatic heterocycles. The Kier molecular flexibility index (Phi) is 8.44. The molecule has 4 nitrogen and oxygen atoms in total. The average Bonchev–Trinajstić information content (AvgIpc) is 3.20. The highest BCUT2D eigenvalue weighted by Gasteiger charge is 2.11. The zero-order valence-electron chi connectivity index (χ0n) is 15.7. The molecule has 1 unspecified atom stereocenters. The predicted molar refractivity (Wildman–Crippen MR) is 126 cm³/mol. The van der Waals surface area contributed by atoms with E-state index in [0.717, 1.165) is 29.6 Å². The van der Waals surface area contributed by atoms with E-state index >= 15 is 0 Å². The summed E-state index contributed by atoms with van der Waals surface area (Å²) in [5.41, 5.74) is 3.53. The second-order valence-corrected chi connectivity index (χ2v) is 6.76. The number of rotatable bonds is 5. The quantitative estimate of drug-likeness (QED) is 0.271. The highest BCUT2D eigenvalue weighted by Crippen LogP contribution is 2.22. The molecule has 0 spiro atoms. The maximum Gasteiger partial charge on any atom is 0.191 e. The van der Waals surface area contributed by atoms with Gasteiger partial charge in [-0.05, 0) is 36.2 Å². The van der Waals surface area contributed by atoms with E-state index < -0.39 is 0 Å². The molecule has 0 bridgehead atoms. The summed E-state index contributed by atoms with van der Waals surface area (Å²) in [4.78, 5) is 6.65. The maximum absolute atomic E-state index is 6.28. The molecule has 144 valence electrons. The molecule has 2 aromatic carbocycles. The molecule has 2 aromatic rings. The lowest BCUT2D eigenvalue weighted by atomic mass is 10.1. The monoisotopic (exact) mass is 496 g/mol. The molecule has 27 heavy (non-hydrogen) atoms. The lowest BCUT2D eigenvalue weighted by molar-refractivity contribution is 0.685. The third-order valence-corrected chi connectivity index (χ3v) is 4.87. The fourth-order valence-corrected chi connectivity index (χ4v) is 3.30. The standard InChI is InChI=1S/C21H25ClN4.HI/c1-16(19-7-3-4-8-20(19)22)25-21(23-2)24-15-17-9-11-18(12-10-17)26-13-5-6-14-26;/h3-12,16H,13-15H2,1-2H3,(H2,23,24,25);1H. The Morgan fingerprint density at radius 1 is 1.11 bits per heavy atom. The third-order valence-electron chi connectivity index (χ3n) is 4.53. The molecule has 0 saturated carbocycles. The van der Waals surface area contributed by atoms with E-state index in [1.54, 1.807) is 7.05 Å².